The molecule has 2 fully saturated rings. The number of aromatic nitrogens is 1. The molecule has 132 valence electrons. The van der Waals surface area contributed by atoms with Crippen molar-refractivity contribution in [1.29, 1.82) is 0 Å². The lowest BCUT2D eigenvalue weighted by Crippen LogP contribution is -2.45. The quantitative estimate of drug-likeness (QED) is 0.898. The number of hydrogen-bond acceptors (Lipinski definition) is 4. The molecule has 5 nitrogen and oxygen atoms in total. The van der Waals surface area contributed by atoms with E-state index in [2.05, 4.69) is 39.8 Å². The standard InChI is InChI=1S/C20H26N4O/c25-20(18-8-3-11-21-18)22-13-15-5-4-12-24(14-15)19-10-9-16-6-1-2-7-17(16)23-19/h1-2,6-7,9-10,15,18,21H,3-5,8,11-14H2,(H,22,25). The maximum atomic E-state index is 12.2. The normalized spacial score (nSPS) is 23.8. The van der Waals surface area contributed by atoms with Crippen molar-refractivity contribution in [1.82, 2.24) is 15.6 Å². The second-order valence-electron chi connectivity index (χ2n) is 7.21. The summed E-state index contributed by atoms with van der Waals surface area (Å²) < 4.78 is 0. The van der Waals surface area contributed by atoms with Gasteiger partial charge in [0.15, 0.2) is 0 Å². The van der Waals surface area contributed by atoms with Crippen LogP contribution in [0.4, 0.5) is 5.82 Å². The molecule has 0 spiro atoms. The summed E-state index contributed by atoms with van der Waals surface area (Å²) in [5.41, 5.74) is 1.04. The minimum atomic E-state index is 0.0156. The van der Waals surface area contributed by atoms with Crippen molar-refractivity contribution >= 4 is 22.6 Å². The summed E-state index contributed by atoms with van der Waals surface area (Å²) in [6.07, 6.45) is 4.38. The molecular formula is C20H26N4O. The Kier molecular flexibility index (Phi) is 4.83. The van der Waals surface area contributed by atoms with Gasteiger partial charge in [0.25, 0.3) is 0 Å². The fraction of sp³-hybridized carbons (Fsp3) is 0.500. The number of rotatable bonds is 4. The lowest BCUT2D eigenvalue weighted by Gasteiger charge is -2.34. The van der Waals surface area contributed by atoms with Gasteiger partial charge in [-0.15, -0.1) is 0 Å². The number of hydrogen-bond donors (Lipinski definition) is 2. The van der Waals surface area contributed by atoms with Gasteiger partial charge < -0.3 is 15.5 Å². The number of amides is 1. The van der Waals surface area contributed by atoms with Crippen LogP contribution in [0.3, 0.4) is 0 Å². The third-order valence-electron chi connectivity index (χ3n) is 5.37. The van der Waals surface area contributed by atoms with E-state index in [-0.39, 0.29) is 11.9 Å². The van der Waals surface area contributed by atoms with Crippen molar-refractivity contribution in [3.63, 3.8) is 0 Å². The molecule has 0 aliphatic carbocycles. The van der Waals surface area contributed by atoms with Crippen LogP contribution in [-0.4, -0.2) is 43.1 Å². The van der Waals surface area contributed by atoms with E-state index in [1.165, 1.54) is 11.8 Å². The maximum absolute atomic E-state index is 12.2. The number of carbonyl (C=O) groups is 1. The Morgan fingerprint density at radius 3 is 3.00 bits per heavy atom. The molecule has 1 amide bonds. The summed E-state index contributed by atoms with van der Waals surface area (Å²) in [4.78, 5) is 19.4. The van der Waals surface area contributed by atoms with Gasteiger partial charge in [-0.1, -0.05) is 18.2 Å². The molecule has 25 heavy (non-hydrogen) atoms. The van der Waals surface area contributed by atoms with E-state index in [9.17, 15) is 4.79 Å². The van der Waals surface area contributed by atoms with Crippen molar-refractivity contribution < 1.29 is 4.79 Å². The average Bonchev–Trinajstić information content (AvgIpc) is 3.21. The number of nitrogens with one attached hydrogen (secondary N) is 2. The van der Waals surface area contributed by atoms with Gasteiger partial charge in [0.2, 0.25) is 5.91 Å². The molecule has 1 aromatic heterocycles. The van der Waals surface area contributed by atoms with Crippen molar-refractivity contribution in [3.8, 4) is 0 Å². The van der Waals surface area contributed by atoms with E-state index >= 15 is 0 Å². The number of piperidine rings is 1. The van der Waals surface area contributed by atoms with E-state index in [1.54, 1.807) is 0 Å². The van der Waals surface area contributed by atoms with Crippen LogP contribution in [0.15, 0.2) is 36.4 Å². The van der Waals surface area contributed by atoms with E-state index < -0.39 is 0 Å². The van der Waals surface area contributed by atoms with Crippen LogP contribution in [0.5, 0.6) is 0 Å². The van der Waals surface area contributed by atoms with Gasteiger partial charge in [-0.3, -0.25) is 4.79 Å². The average molecular weight is 338 g/mol. The largest absolute Gasteiger partial charge is 0.356 e. The molecule has 2 N–H and O–H groups in total. The molecule has 2 aliphatic heterocycles. The predicted octanol–water partition coefficient (Wildman–Crippen LogP) is 2.32. The Labute approximate surface area is 148 Å². The zero-order chi connectivity index (χ0) is 17.1. The first kappa shape index (κ1) is 16.3. The Morgan fingerprint density at radius 2 is 2.12 bits per heavy atom. The molecule has 3 heterocycles. The predicted molar refractivity (Wildman–Crippen MR) is 101 cm³/mol. The Morgan fingerprint density at radius 1 is 1.20 bits per heavy atom. The zero-order valence-electron chi connectivity index (χ0n) is 14.6. The summed E-state index contributed by atoms with van der Waals surface area (Å²) >= 11 is 0. The van der Waals surface area contributed by atoms with E-state index in [1.807, 2.05) is 12.1 Å². The van der Waals surface area contributed by atoms with Gasteiger partial charge in [-0.2, -0.15) is 0 Å². The van der Waals surface area contributed by atoms with Gasteiger partial charge in [-0.05, 0) is 56.3 Å². The van der Waals surface area contributed by atoms with Crippen molar-refractivity contribution in [3.05, 3.63) is 36.4 Å². The van der Waals surface area contributed by atoms with Crippen LogP contribution < -0.4 is 15.5 Å². The summed E-state index contributed by atoms with van der Waals surface area (Å²) in [5.74, 6) is 1.71. The fourth-order valence-electron chi connectivity index (χ4n) is 3.95. The topological polar surface area (TPSA) is 57.3 Å². The number of para-hydroxylation sites is 1. The molecule has 2 aromatic rings. The smallest absolute Gasteiger partial charge is 0.237 e. The van der Waals surface area contributed by atoms with E-state index in [4.69, 9.17) is 4.98 Å². The van der Waals surface area contributed by atoms with Crippen LogP contribution in [0.2, 0.25) is 0 Å². The highest BCUT2D eigenvalue weighted by Gasteiger charge is 2.25. The van der Waals surface area contributed by atoms with Gasteiger partial charge >= 0.3 is 0 Å². The van der Waals surface area contributed by atoms with Crippen molar-refractivity contribution in [2.75, 3.05) is 31.1 Å². The summed E-state index contributed by atoms with van der Waals surface area (Å²) in [7, 11) is 0. The molecule has 2 saturated heterocycles. The van der Waals surface area contributed by atoms with Crippen molar-refractivity contribution in [2.45, 2.75) is 31.7 Å². The second kappa shape index (κ2) is 7.40. The Hall–Kier alpha value is -2.14. The van der Waals surface area contributed by atoms with Gasteiger partial charge in [-0.25, -0.2) is 4.98 Å². The fourth-order valence-corrected chi connectivity index (χ4v) is 3.95. The molecular weight excluding hydrogens is 312 g/mol. The number of carbonyl (C=O) groups excluding carboxylic acids is 1. The highest BCUT2D eigenvalue weighted by molar-refractivity contribution is 5.82. The molecule has 2 aliphatic rings. The molecule has 1 aromatic carbocycles. The van der Waals surface area contributed by atoms with Crippen LogP contribution in [-0.2, 0) is 4.79 Å². The number of fused-ring (bicyclic) bond motifs is 1. The van der Waals surface area contributed by atoms with E-state index in [0.717, 1.165) is 56.8 Å². The molecule has 2 atom stereocenters. The number of pyridine rings is 1. The molecule has 5 heteroatoms. The highest BCUT2D eigenvalue weighted by atomic mass is 16.2. The summed E-state index contributed by atoms with van der Waals surface area (Å²) in [6, 6.07) is 12.5. The van der Waals surface area contributed by atoms with Crippen LogP contribution in [0, 0.1) is 5.92 Å². The second-order valence-corrected chi connectivity index (χ2v) is 7.21. The molecule has 4 rings (SSSR count). The maximum Gasteiger partial charge on any atom is 0.237 e. The minimum absolute atomic E-state index is 0.0156. The lowest BCUT2D eigenvalue weighted by molar-refractivity contribution is -0.122. The van der Waals surface area contributed by atoms with E-state index in [0.29, 0.717) is 5.92 Å². The van der Waals surface area contributed by atoms with Crippen LogP contribution in [0.25, 0.3) is 10.9 Å². The van der Waals surface area contributed by atoms with Gasteiger partial charge in [0.1, 0.15) is 5.82 Å². The minimum Gasteiger partial charge on any atom is -0.356 e. The Balaban J connectivity index is 1.37. The summed E-state index contributed by atoms with van der Waals surface area (Å²) in [5, 5.41) is 7.59. The first-order valence-corrected chi connectivity index (χ1v) is 9.41. The van der Waals surface area contributed by atoms with Crippen LogP contribution in [0.1, 0.15) is 25.7 Å². The molecule has 0 radical (unpaired) electrons. The molecule has 0 bridgehead atoms. The number of benzene rings is 1. The monoisotopic (exact) mass is 338 g/mol. The Bertz CT molecular complexity index is 741. The highest BCUT2D eigenvalue weighted by Crippen LogP contribution is 2.23. The molecule has 2 unspecified atom stereocenters. The van der Waals surface area contributed by atoms with Gasteiger partial charge in [0, 0.05) is 25.0 Å². The van der Waals surface area contributed by atoms with Gasteiger partial charge in [0.05, 0.1) is 11.6 Å². The first-order valence-electron chi connectivity index (χ1n) is 9.41. The third-order valence-corrected chi connectivity index (χ3v) is 5.37. The SMILES string of the molecule is O=C(NCC1CCCN(c2ccc3ccccc3n2)C1)C1CCCN1. The molecule has 0 saturated carbocycles. The summed E-state index contributed by atoms with van der Waals surface area (Å²) in [6.45, 7) is 3.73. The number of anilines is 1. The first-order chi connectivity index (χ1) is 12.3. The zero-order valence-corrected chi connectivity index (χ0v) is 14.6. The third kappa shape index (κ3) is 3.76. The van der Waals surface area contributed by atoms with Crippen molar-refractivity contribution in [2.24, 2.45) is 5.92 Å². The number of nitrogens with zero attached hydrogens (tertiary/aromatic N) is 2. The lowest BCUT2D eigenvalue weighted by atomic mass is 9.97. The van der Waals surface area contributed by atoms with Crippen LogP contribution >= 0.6 is 0 Å².